The highest BCUT2D eigenvalue weighted by atomic mass is 15.3. The fourth-order valence-electron chi connectivity index (χ4n) is 2.25. The number of aryl methyl sites for hydroxylation is 2. The normalized spacial score (nSPS) is 11.2. The predicted molar refractivity (Wildman–Crippen MR) is 69.8 cm³/mol. The van der Waals surface area contributed by atoms with Crippen LogP contribution in [0.3, 0.4) is 0 Å². The Morgan fingerprint density at radius 1 is 1.18 bits per heavy atom. The van der Waals surface area contributed by atoms with Gasteiger partial charge in [-0.3, -0.25) is 4.68 Å². The minimum atomic E-state index is 0.896. The highest BCUT2D eigenvalue weighted by Crippen LogP contribution is 2.24. The lowest BCUT2D eigenvalue weighted by Crippen LogP contribution is -1.98. The average molecular weight is 225 g/mol. The molecule has 2 aromatic heterocycles. The summed E-state index contributed by atoms with van der Waals surface area (Å²) in [5.41, 5.74) is 3.65. The Kier molecular flexibility index (Phi) is 2.25. The Balaban J connectivity index is 2.20. The molecule has 2 heterocycles. The molecule has 0 saturated carbocycles. The number of nitrogens with zero attached hydrogens (tertiary/aromatic N) is 3. The summed E-state index contributed by atoms with van der Waals surface area (Å²) in [6.45, 7) is 3.01. The molecule has 0 saturated heterocycles. The fraction of sp³-hybridized carbons (Fsp3) is 0.214. The van der Waals surface area contributed by atoms with Crippen molar-refractivity contribution in [3.63, 3.8) is 0 Å². The van der Waals surface area contributed by atoms with Crippen molar-refractivity contribution in [2.45, 2.75) is 13.5 Å². The van der Waals surface area contributed by atoms with Crippen LogP contribution in [0.1, 0.15) is 6.92 Å². The summed E-state index contributed by atoms with van der Waals surface area (Å²) in [5.74, 6) is 0. The summed E-state index contributed by atoms with van der Waals surface area (Å²) in [6, 6.07) is 10.7. The van der Waals surface area contributed by atoms with E-state index in [0.717, 1.165) is 6.54 Å². The van der Waals surface area contributed by atoms with Gasteiger partial charge in [0.05, 0.1) is 5.69 Å². The first-order chi connectivity index (χ1) is 8.29. The number of hydrogen-bond acceptors (Lipinski definition) is 1. The monoisotopic (exact) mass is 225 g/mol. The van der Waals surface area contributed by atoms with Crippen LogP contribution in [0.4, 0.5) is 0 Å². The Hall–Kier alpha value is -2.03. The van der Waals surface area contributed by atoms with Crippen LogP contribution in [0.15, 0.2) is 42.7 Å². The molecule has 0 aliphatic carbocycles. The topological polar surface area (TPSA) is 22.8 Å². The molecule has 86 valence electrons. The van der Waals surface area contributed by atoms with E-state index in [4.69, 9.17) is 0 Å². The van der Waals surface area contributed by atoms with Crippen LogP contribution in [-0.2, 0) is 13.6 Å². The van der Waals surface area contributed by atoms with Crippen LogP contribution in [0.5, 0.6) is 0 Å². The van der Waals surface area contributed by atoms with Gasteiger partial charge in [-0.05, 0) is 30.5 Å². The Labute approximate surface area is 100 Å². The standard InChI is InChI=1S/C14H15N3/c1-3-17-13(6-8-15-17)12-5-4-11-7-9-16(2)14(11)10-12/h4-10H,3H2,1-2H3. The fourth-order valence-corrected chi connectivity index (χ4v) is 2.25. The van der Waals surface area contributed by atoms with E-state index in [9.17, 15) is 0 Å². The molecule has 3 aromatic rings. The van der Waals surface area contributed by atoms with E-state index in [1.165, 1.54) is 22.2 Å². The van der Waals surface area contributed by atoms with E-state index < -0.39 is 0 Å². The minimum Gasteiger partial charge on any atom is -0.351 e. The first-order valence-corrected chi connectivity index (χ1v) is 5.87. The Morgan fingerprint density at radius 3 is 2.88 bits per heavy atom. The molecule has 0 spiro atoms. The van der Waals surface area contributed by atoms with E-state index >= 15 is 0 Å². The highest BCUT2D eigenvalue weighted by molar-refractivity contribution is 5.84. The first-order valence-electron chi connectivity index (χ1n) is 5.87. The van der Waals surface area contributed by atoms with Crippen molar-refractivity contribution in [3.05, 3.63) is 42.7 Å². The summed E-state index contributed by atoms with van der Waals surface area (Å²) < 4.78 is 4.16. The number of fused-ring (bicyclic) bond motifs is 1. The summed E-state index contributed by atoms with van der Waals surface area (Å²) in [7, 11) is 2.07. The lowest BCUT2D eigenvalue weighted by atomic mass is 10.1. The molecular weight excluding hydrogens is 210 g/mol. The third-order valence-electron chi connectivity index (χ3n) is 3.20. The van der Waals surface area contributed by atoms with Crippen molar-refractivity contribution in [2.75, 3.05) is 0 Å². The number of hydrogen-bond donors (Lipinski definition) is 0. The SMILES string of the molecule is CCn1nccc1-c1ccc2ccn(C)c2c1. The van der Waals surface area contributed by atoms with Crippen LogP contribution < -0.4 is 0 Å². The maximum atomic E-state index is 4.31. The second-order valence-electron chi connectivity index (χ2n) is 4.23. The zero-order valence-electron chi connectivity index (χ0n) is 10.1. The highest BCUT2D eigenvalue weighted by Gasteiger charge is 2.06. The number of rotatable bonds is 2. The van der Waals surface area contributed by atoms with Crippen LogP contribution in [0, 0.1) is 0 Å². The zero-order chi connectivity index (χ0) is 11.8. The molecule has 1 aromatic carbocycles. The van der Waals surface area contributed by atoms with Gasteiger partial charge in [0.1, 0.15) is 0 Å². The molecule has 0 radical (unpaired) electrons. The lowest BCUT2D eigenvalue weighted by Gasteiger charge is -2.05. The van der Waals surface area contributed by atoms with Crippen molar-refractivity contribution in [1.82, 2.24) is 14.3 Å². The second kappa shape index (κ2) is 3.77. The van der Waals surface area contributed by atoms with Gasteiger partial charge < -0.3 is 4.57 Å². The van der Waals surface area contributed by atoms with Crippen LogP contribution in [-0.4, -0.2) is 14.3 Å². The molecule has 3 rings (SSSR count). The van der Waals surface area contributed by atoms with Crippen molar-refractivity contribution in [2.24, 2.45) is 7.05 Å². The maximum absolute atomic E-state index is 4.31. The largest absolute Gasteiger partial charge is 0.351 e. The van der Waals surface area contributed by atoms with Crippen molar-refractivity contribution >= 4 is 10.9 Å². The van der Waals surface area contributed by atoms with E-state index in [2.05, 4.69) is 60.2 Å². The molecule has 0 atom stereocenters. The van der Waals surface area contributed by atoms with Gasteiger partial charge >= 0.3 is 0 Å². The summed E-state index contributed by atoms with van der Waals surface area (Å²) in [5, 5.41) is 5.59. The number of benzene rings is 1. The van der Waals surface area contributed by atoms with Crippen LogP contribution in [0.2, 0.25) is 0 Å². The summed E-state index contributed by atoms with van der Waals surface area (Å²) in [6.07, 6.45) is 3.94. The molecule has 0 fully saturated rings. The average Bonchev–Trinajstić information content (AvgIpc) is 2.96. The van der Waals surface area contributed by atoms with Gasteiger partial charge in [-0.2, -0.15) is 5.10 Å². The zero-order valence-corrected chi connectivity index (χ0v) is 10.1. The number of aromatic nitrogens is 3. The van der Waals surface area contributed by atoms with Gasteiger partial charge in [-0.1, -0.05) is 12.1 Å². The quantitative estimate of drug-likeness (QED) is 0.657. The predicted octanol–water partition coefficient (Wildman–Crippen LogP) is 3.06. The van der Waals surface area contributed by atoms with E-state index in [0.29, 0.717) is 0 Å². The molecule has 3 heteroatoms. The smallest absolute Gasteiger partial charge is 0.0682 e. The van der Waals surface area contributed by atoms with Crippen molar-refractivity contribution in [3.8, 4) is 11.3 Å². The molecule has 0 bridgehead atoms. The third-order valence-corrected chi connectivity index (χ3v) is 3.20. The van der Waals surface area contributed by atoms with E-state index in [1.807, 2.05) is 10.9 Å². The van der Waals surface area contributed by atoms with Gasteiger partial charge in [-0.15, -0.1) is 0 Å². The first kappa shape index (κ1) is 10.1. The minimum absolute atomic E-state index is 0.896. The van der Waals surface area contributed by atoms with Gasteiger partial charge in [-0.25, -0.2) is 0 Å². The molecular formula is C14H15N3. The molecule has 0 aliphatic rings. The molecule has 0 aliphatic heterocycles. The summed E-state index contributed by atoms with van der Waals surface area (Å²) >= 11 is 0. The van der Waals surface area contributed by atoms with Crippen LogP contribution in [0.25, 0.3) is 22.2 Å². The molecule has 3 nitrogen and oxygen atoms in total. The lowest BCUT2D eigenvalue weighted by molar-refractivity contribution is 0.667. The van der Waals surface area contributed by atoms with Gasteiger partial charge in [0.25, 0.3) is 0 Å². The van der Waals surface area contributed by atoms with Crippen molar-refractivity contribution < 1.29 is 0 Å². The van der Waals surface area contributed by atoms with E-state index in [1.54, 1.807) is 0 Å². The van der Waals surface area contributed by atoms with Gasteiger partial charge in [0.2, 0.25) is 0 Å². The molecule has 17 heavy (non-hydrogen) atoms. The Bertz CT molecular complexity index is 661. The Morgan fingerprint density at radius 2 is 2.06 bits per heavy atom. The molecule has 0 unspecified atom stereocenters. The second-order valence-corrected chi connectivity index (χ2v) is 4.23. The summed E-state index contributed by atoms with van der Waals surface area (Å²) in [4.78, 5) is 0. The maximum Gasteiger partial charge on any atom is 0.0682 e. The van der Waals surface area contributed by atoms with Gasteiger partial charge in [0, 0.05) is 37.1 Å². The third kappa shape index (κ3) is 1.55. The van der Waals surface area contributed by atoms with E-state index in [-0.39, 0.29) is 0 Å². The van der Waals surface area contributed by atoms with Crippen molar-refractivity contribution in [1.29, 1.82) is 0 Å². The van der Waals surface area contributed by atoms with Gasteiger partial charge in [0.15, 0.2) is 0 Å². The molecule has 0 N–H and O–H groups in total. The van der Waals surface area contributed by atoms with Crippen LogP contribution >= 0.6 is 0 Å². The molecule has 0 amide bonds.